The van der Waals surface area contributed by atoms with Crippen LogP contribution in [0, 0.1) is 0 Å². The standard InChI is InChI=1S/C28H29ClN4O4/c1-5-37-25-15-12-20(17-26(25)36-4)18-30-32-28(35)24(16-19-10-13-21(14-11-19)33(2)3)31-27(34)22-8-6-7-9-23(22)29/h6-18H,5H2,1-4H3,(H,31,34)(H,32,35). The molecule has 3 aromatic rings. The molecule has 3 rings (SSSR count). The minimum atomic E-state index is -0.605. The van der Waals surface area contributed by atoms with Crippen molar-refractivity contribution in [1.82, 2.24) is 10.7 Å². The van der Waals surface area contributed by atoms with Crippen molar-refractivity contribution in [2.24, 2.45) is 5.10 Å². The lowest BCUT2D eigenvalue weighted by atomic mass is 10.1. The summed E-state index contributed by atoms with van der Waals surface area (Å²) in [6.45, 7) is 2.39. The van der Waals surface area contributed by atoms with Gasteiger partial charge in [0.1, 0.15) is 5.70 Å². The van der Waals surface area contributed by atoms with Crippen LogP contribution in [0.15, 0.2) is 77.5 Å². The number of hydrogen-bond donors (Lipinski definition) is 2. The molecule has 0 saturated carbocycles. The Balaban J connectivity index is 1.83. The molecule has 0 aromatic heterocycles. The summed E-state index contributed by atoms with van der Waals surface area (Å²) in [5.74, 6) is 0.0354. The lowest BCUT2D eigenvalue weighted by Gasteiger charge is -2.13. The highest BCUT2D eigenvalue weighted by Crippen LogP contribution is 2.27. The summed E-state index contributed by atoms with van der Waals surface area (Å²) in [7, 11) is 5.42. The van der Waals surface area contributed by atoms with E-state index in [2.05, 4.69) is 15.8 Å². The fraction of sp³-hybridized carbons (Fsp3) is 0.179. The Labute approximate surface area is 221 Å². The predicted molar refractivity (Wildman–Crippen MR) is 148 cm³/mol. The molecule has 0 saturated heterocycles. The molecule has 0 radical (unpaired) electrons. The number of carbonyl (C=O) groups is 2. The second-order valence-electron chi connectivity index (χ2n) is 8.02. The highest BCUT2D eigenvalue weighted by atomic mass is 35.5. The average Bonchev–Trinajstić information content (AvgIpc) is 2.89. The Hall–Kier alpha value is -4.30. The van der Waals surface area contributed by atoms with Crippen molar-refractivity contribution < 1.29 is 19.1 Å². The number of hydrazone groups is 1. The molecule has 0 aliphatic heterocycles. The second kappa shape index (κ2) is 13.1. The number of carbonyl (C=O) groups excluding carboxylic acids is 2. The summed E-state index contributed by atoms with van der Waals surface area (Å²) in [5, 5.41) is 6.97. The zero-order chi connectivity index (χ0) is 26.8. The fourth-order valence-corrected chi connectivity index (χ4v) is 3.52. The molecule has 192 valence electrons. The van der Waals surface area contributed by atoms with Gasteiger partial charge in [-0.1, -0.05) is 35.9 Å². The molecule has 2 amide bonds. The van der Waals surface area contributed by atoms with Crippen LogP contribution in [-0.4, -0.2) is 45.8 Å². The smallest absolute Gasteiger partial charge is 0.287 e. The Kier molecular flexibility index (Phi) is 9.69. The first-order valence-corrected chi connectivity index (χ1v) is 11.9. The van der Waals surface area contributed by atoms with Crippen molar-refractivity contribution in [1.29, 1.82) is 0 Å². The number of nitrogens with zero attached hydrogens (tertiary/aromatic N) is 2. The van der Waals surface area contributed by atoms with E-state index in [0.29, 0.717) is 23.7 Å². The summed E-state index contributed by atoms with van der Waals surface area (Å²) >= 11 is 6.17. The zero-order valence-corrected chi connectivity index (χ0v) is 21.9. The van der Waals surface area contributed by atoms with Crippen molar-refractivity contribution >= 4 is 41.4 Å². The fourth-order valence-electron chi connectivity index (χ4n) is 3.29. The van der Waals surface area contributed by atoms with Gasteiger partial charge >= 0.3 is 0 Å². The van der Waals surface area contributed by atoms with E-state index in [1.54, 1.807) is 55.7 Å². The van der Waals surface area contributed by atoms with Gasteiger partial charge in [0.25, 0.3) is 11.8 Å². The molecule has 0 aliphatic carbocycles. The molecule has 0 spiro atoms. The van der Waals surface area contributed by atoms with E-state index in [1.165, 1.54) is 6.21 Å². The van der Waals surface area contributed by atoms with Crippen LogP contribution >= 0.6 is 11.6 Å². The van der Waals surface area contributed by atoms with Gasteiger partial charge in [0.05, 0.1) is 30.5 Å². The molecule has 3 aromatic carbocycles. The molecular weight excluding hydrogens is 492 g/mol. The first kappa shape index (κ1) is 27.3. The van der Waals surface area contributed by atoms with E-state index in [0.717, 1.165) is 11.3 Å². The molecule has 0 bridgehead atoms. The van der Waals surface area contributed by atoms with Crippen LogP contribution < -0.4 is 25.1 Å². The largest absolute Gasteiger partial charge is 0.493 e. The van der Waals surface area contributed by atoms with Gasteiger partial charge in [-0.2, -0.15) is 5.10 Å². The molecule has 0 fully saturated rings. The average molecular weight is 521 g/mol. The molecule has 2 N–H and O–H groups in total. The summed E-state index contributed by atoms with van der Waals surface area (Å²) in [6, 6.07) is 19.4. The third-order valence-electron chi connectivity index (χ3n) is 5.20. The van der Waals surface area contributed by atoms with Crippen LogP contribution in [0.5, 0.6) is 11.5 Å². The van der Waals surface area contributed by atoms with Gasteiger partial charge in [0.2, 0.25) is 0 Å². The highest BCUT2D eigenvalue weighted by Gasteiger charge is 2.16. The molecule has 0 aliphatic rings. The summed E-state index contributed by atoms with van der Waals surface area (Å²) in [4.78, 5) is 27.9. The predicted octanol–water partition coefficient (Wildman–Crippen LogP) is 4.73. The Morgan fingerprint density at radius 1 is 1.00 bits per heavy atom. The van der Waals surface area contributed by atoms with E-state index in [-0.39, 0.29) is 16.3 Å². The lowest BCUT2D eigenvalue weighted by Crippen LogP contribution is -2.33. The third kappa shape index (κ3) is 7.59. The number of anilines is 1. The number of nitrogens with one attached hydrogen (secondary N) is 2. The number of rotatable bonds is 10. The second-order valence-corrected chi connectivity index (χ2v) is 8.43. The maximum atomic E-state index is 13.0. The monoisotopic (exact) mass is 520 g/mol. The number of methoxy groups -OCH3 is 1. The van der Waals surface area contributed by atoms with Crippen LogP contribution in [0.2, 0.25) is 5.02 Å². The number of ether oxygens (including phenoxy) is 2. The van der Waals surface area contributed by atoms with E-state index in [9.17, 15) is 9.59 Å². The van der Waals surface area contributed by atoms with Gasteiger partial charge in [-0.15, -0.1) is 0 Å². The van der Waals surface area contributed by atoms with Crippen LogP contribution in [0.1, 0.15) is 28.4 Å². The Bertz CT molecular complexity index is 1300. The molecule has 0 unspecified atom stereocenters. The van der Waals surface area contributed by atoms with Crippen molar-refractivity contribution in [3.05, 3.63) is 94.1 Å². The SMILES string of the molecule is CCOc1ccc(C=NNC(=O)C(=Cc2ccc(N(C)C)cc2)NC(=O)c2ccccc2Cl)cc1OC. The molecule has 37 heavy (non-hydrogen) atoms. The molecular formula is C28H29ClN4O4. The topological polar surface area (TPSA) is 92.3 Å². The Morgan fingerprint density at radius 3 is 2.35 bits per heavy atom. The first-order valence-electron chi connectivity index (χ1n) is 11.5. The third-order valence-corrected chi connectivity index (χ3v) is 5.53. The molecule has 9 heteroatoms. The van der Waals surface area contributed by atoms with Crippen LogP contribution in [0.4, 0.5) is 5.69 Å². The zero-order valence-electron chi connectivity index (χ0n) is 21.1. The number of halogens is 1. The van der Waals surface area contributed by atoms with E-state index in [4.69, 9.17) is 21.1 Å². The van der Waals surface area contributed by atoms with Crippen molar-refractivity contribution in [2.75, 3.05) is 32.7 Å². The lowest BCUT2D eigenvalue weighted by molar-refractivity contribution is -0.117. The van der Waals surface area contributed by atoms with Crippen LogP contribution in [-0.2, 0) is 4.79 Å². The quantitative estimate of drug-likeness (QED) is 0.229. The normalized spacial score (nSPS) is 11.2. The first-order chi connectivity index (χ1) is 17.8. The number of benzene rings is 3. The number of hydrogen-bond acceptors (Lipinski definition) is 6. The van der Waals surface area contributed by atoms with Crippen molar-refractivity contribution in [2.45, 2.75) is 6.92 Å². The molecule has 8 nitrogen and oxygen atoms in total. The van der Waals surface area contributed by atoms with Gasteiger partial charge in [-0.25, -0.2) is 5.43 Å². The minimum Gasteiger partial charge on any atom is -0.493 e. The minimum absolute atomic E-state index is 0.00365. The van der Waals surface area contributed by atoms with Gasteiger partial charge in [0, 0.05) is 19.8 Å². The maximum absolute atomic E-state index is 13.0. The van der Waals surface area contributed by atoms with Crippen LogP contribution in [0.3, 0.4) is 0 Å². The van der Waals surface area contributed by atoms with Gasteiger partial charge in [-0.3, -0.25) is 9.59 Å². The summed E-state index contributed by atoms with van der Waals surface area (Å²) in [6.07, 6.45) is 3.04. The van der Waals surface area contributed by atoms with Gasteiger partial charge in [0.15, 0.2) is 11.5 Å². The summed E-state index contributed by atoms with van der Waals surface area (Å²) < 4.78 is 10.9. The van der Waals surface area contributed by atoms with E-state index < -0.39 is 11.8 Å². The van der Waals surface area contributed by atoms with E-state index in [1.807, 2.05) is 50.2 Å². The highest BCUT2D eigenvalue weighted by molar-refractivity contribution is 6.34. The van der Waals surface area contributed by atoms with Crippen LogP contribution in [0.25, 0.3) is 6.08 Å². The van der Waals surface area contributed by atoms with Crippen molar-refractivity contribution in [3.63, 3.8) is 0 Å². The molecule has 0 atom stereocenters. The summed E-state index contributed by atoms with van der Waals surface area (Å²) in [5.41, 5.74) is 5.12. The Morgan fingerprint density at radius 2 is 1.70 bits per heavy atom. The maximum Gasteiger partial charge on any atom is 0.287 e. The van der Waals surface area contributed by atoms with Crippen molar-refractivity contribution in [3.8, 4) is 11.5 Å². The van der Waals surface area contributed by atoms with Gasteiger partial charge < -0.3 is 19.7 Å². The number of amides is 2. The van der Waals surface area contributed by atoms with Gasteiger partial charge in [-0.05, 0) is 66.6 Å². The van der Waals surface area contributed by atoms with E-state index >= 15 is 0 Å². The molecule has 0 heterocycles.